The Labute approximate surface area is 146 Å². The average Bonchev–Trinajstić information content (AvgIpc) is 3.15. The maximum atomic E-state index is 9.08. The lowest BCUT2D eigenvalue weighted by molar-refractivity contribution is 0.288. The van der Waals surface area contributed by atoms with Crippen molar-refractivity contribution >= 4 is 17.2 Å². The standard InChI is InChI=1S/C19H18N6/c1-12-16(11-22-25(12)3)14-7-15(10-21-9-14)19-23-17-6-13(8-20)4-5-18(17)24(19)2/h4-7,9-12,16H,1-3H3. The number of aryl methyl sites for hydroxylation is 1. The van der Waals surface area contributed by atoms with Gasteiger partial charge in [0.15, 0.2) is 0 Å². The zero-order chi connectivity index (χ0) is 17.6. The Morgan fingerprint density at radius 2 is 2.00 bits per heavy atom. The van der Waals surface area contributed by atoms with Crippen LogP contribution in [0.25, 0.3) is 22.4 Å². The molecule has 124 valence electrons. The lowest BCUT2D eigenvalue weighted by Crippen LogP contribution is -2.24. The van der Waals surface area contributed by atoms with Gasteiger partial charge in [-0.3, -0.25) is 9.99 Å². The Hall–Kier alpha value is -3.20. The zero-order valence-electron chi connectivity index (χ0n) is 14.4. The summed E-state index contributed by atoms with van der Waals surface area (Å²) in [5.74, 6) is 1.06. The number of nitriles is 1. The van der Waals surface area contributed by atoms with Crippen molar-refractivity contribution in [1.29, 1.82) is 5.26 Å². The lowest BCUT2D eigenvalue weighted by Gasteiger charge is -2.20. The van der Waals surface area contributed by atoms with Gasteiger partial charge in [-0.2, -0.15) is 10.4 Å². The molecule has 6 heteroatoms. The Morgan fingerprint density at radius 3 is 2.72 bits per heavy atom. The summed E-state index contributed by atoms with van der Waals surface area (Å²) in [6, 6.07) is 10.2. The number of hydrogen-bond donors (Lipinski definition) is 0. The minimum Gasteiger partial charge on any atom is -0.327 e. The van der Waals surface area contributed by atoms with E-state index in [4.69, 9.17) is 10.2 Å². The van der Waals surface area contributed by atoms with E-state index in [9.17, 15) is 0 Å². The summed E-state index contributed by atoms with van der Waals surface area (Å²) in [7, 11) is 3.97. The molecule has 2 atom stereocenters. The number of pyridine rings is 1. The molecular formula is C19H18N6. The first-order valence-electron chi connectivity index (χ1n) is 8.17. The molecule has 0 saturated carbocycles. The highest BCUT2D eigenvalue weighted by molar-refractivity contribution is 5.82. The predicted molar refractivity (Wildman–Crippen MR) is 97.1 cm³/mol. The van der Waals surface area contributed by atoms with Gasteiger partial charge in [0.2, 0.25) is 0 Å². The van der Waals surface area contributed by atoms with Crippen LogP contribution in [0.1, 0.15) is 24.0 Å². The van der Waals surface area contributed by atoms with Gasteiger partial charge >= 0.3 is 0 Å². The van der Waals surface area contributed by atoms with Gasteiger partial charge in [-0.05, 0) is 36.8 Å². The summed E-state index contributed by atoms with van der Waals surface area (Å²) in [5, 5.41) is 15.4. The highest BCUT2D eigenvalue weighted by atomic mass is 15.5. The maximum Gasteiger partial charge on any atom is 0.142 e. The number of hydrogen-bond acceptors (Lipinski definition) is 5. The third kappa shape index (κ3) is 2.45. The largest absolute Gasteiger partial charge is 0.327 e. The summed E-state index contributed by atoms with van der Waals surface area (Å²) in [6.45, 7) is 2.16. The molecule has 6 nitrogen and oxygen atoms in total. The van der Waals surface area contributed by atoms with E-state index in [-0.39, 0.29) is 5.92 Å². The highest BCUT2D eigenvalue weighted by Crippen LogP contribution is 2.29. The summed E-state index contributed by atoms with van der Waals surface area (Å²) < 4.78 is 2.04. The average molecular weight is 330 g/mol. The van der Waals surface area contributed by atoms with Crippen molar-refractivity contribution in [3.63, 3.8) is 0 Å². The summed E-state index contributed by atoms with van der Waals surface area (Å²) in [5.41, 5.74) is 4.52. The zero-order valence-corrected chi connectivity index (χ0v) is 14.4. The molecule has 0 amide bonds. The topological polar surface area (TPSA) is 70.1 Å². The van der Waals surface area contributed by atoms with E-state index in [1.54, 1.807) is 0 Å². The quantitative estimate of drug-likeness (QED) is 0.724. The third-order valence-electron chi connectivity index (χ3n) is 4.93. The van der Waals surface area contributed by atoms with Crippen LogP contribution in [-0.2, 0) is 7.05 Å². The van der Waals surface area contributed by atoms with Crippen LogP contribution in [0.3, 0.4) is 0 Å². The number of imidazole rings is 1. The molecule has 3 heterocycles. The fourth-order valence-electron chi connectivity index (χ4n) is 3.29. The molecule has 0 N–H and O–H groups in total. The molecule has 0 spiro atoms. The molecule has 1 aliphatic heterocycles. The number of nitrogens with zero attached hydrogens (tertiary/aromatic N) is 6. The Morgan fingerprint density at radius 1 is 1.16 bits per heavy atom. The van der Waals surface area contributed by atoms with Crippen molar-refractivity contribution in [3.8, 4) is 17.5 Å². The third-order valence-corrected chi connectivity index (χ3v) is 4.93. The predicted octanol–water partition coefficient (Wildman–Crippen LogP) is 2.91. The first-order valence-corrected chi connectivity index (χ1v) is 8.17. The van der Waals surface area contributed by atoms with Gasteiger partial charge in [0.25, 0.3) is 0 Å². The van der Waals surface area contributed by atoms with E-state index >= 15 is 0 Å². The van der Waals surface area contributed by atoms with E-state index < -0.39 is 0 Å². The van der Waals surface area contributed by atoms with Crippen LogP contribution in [0, 0.1) is 11.3 Å². The molecule has 0 fully saturated rings. The molecule has 2 unspecified atom stereocenters. The summed E-state index contributed by atoms with van der Waals surface area (Å²) in [4.78, 5) is 9.14. The number of fused-ring (bicyclic) bond motifs is 1. The second-order valence-corrected chi connectivity index (χ2v) is 6.42. The molecule has 0 aliphatic carbocycles. The fourth-order valence-corrected chi connectivity index (χ4v) is 3.29. The van der Waals surface area contributed by atoms with Crippen LogP contribution in [-0.4, -0.2) is 38.8 Å². The molecule has 1 aliphatic rings. The van der Waals surface area contributed by atoms with Gasteiger partial charge in [0, 0.05) is 44.2 Å². The minimum absolute atomic E-state index is 0.220. The van der Waals surface area contributed by atoms with Gasteiger partial charge in [-0.15, -0.1) is 0 Å². The van der Waals surface area contributed by atoms with E-state index in [0.717, 1.165) is 28.0 Å². The normalized spacial score (nSPS) is 19.5. The van der Waals surface area contributed by atoms with Crippen LogP contribution in [0.2, 0.25) is 0 Å². The molecule has 0 saturated heterocycles. The molecular weight excluding hydrogens is 312 g/mol. The number of rotatable bonds is 2. The number of aromatic nitrogens is 3. The van der Waals surface area contributed by atoms with Crippen LogP contribution in [0.4, 0.5) is 0 Å². The molecule has 25 heavy (non-hydrogen) atoms. The van der Waals surface area contributed by atoms with Gasteiger partial charge < -0.3 is 4.57 Å². The maximum absolute atomic E-state index is 9.08. The Balaban J connectivity index is 1.79. The van der Waals surface area contributed by atoms with Crippen LogP contribution in [0.5, 0.6) is 0 Å². The van der Waals surface area contributed by atoms with Crippen LogP contribution < -0.4 is 0 Å². The molecule has 0 radical (unpaired) electrons. The fraction of sp³-hybridized carbons (Fsp3) is 0.263. The minimum atomic E-state index is 0.220. The van der Waals surface area contributed by atoms with E-state index in [1.165, 1.54) is 0 Å². The van der Waals surface area contributed by atoms with Crippen LogP contribution in [0.15, 0.2) is 41.8 Å². The van der Waals surface area contributed by atoms with E-state index in [0.29, 0.717) is 11.6 Å². The first kappa shape index (κ1) is 15.3. The van der Waals surface area contributed by atoms with Crippen molar-refractivity contribution in [1.82, 2.24) is 19.5 Å². The molecule has 3 aromatic rings. The van der Waals surface area contributed by atoms with Crippen LogP contribution >= 0.6 is 0 Å². The summed E-state index contributed by atoms with van der Waals surface area (Å²) in [6.07, 6.45) is 5.70. The van der Waals surface area contributed by atoms with Gasteiger partial charge in [-0.25, -0.2) is 4.98 Å². The monoisotopic (exact) mass is 330 g/mol. The smallest absolute Gasteiger partial charge is 0.142 e. The summed E-state index contributed by atoms with van der Waals surface area (Å²) >= 11 is 0. The second-order valence-electron chi connectivity index (χ2n) is 6.42. The Bertz CT molecular complexity index is 1030. The van der Waals surface area contributed by atoms with Crippen molar-refractivity contribution in [3.05, 3.63) is 47.8 Å². The van der Waals surface area contributed by atoms with Crippen molar-refractivity contribution in [2.24, 2.45) is 12.1 Å². The number of hydrazone groups is 1. The van der Waals surface area contributed by atoms with E-state index in [1.807, 2.05) is 60.5 Å². The highest BCUT2D eigenvalue weighted by Gasteiger charge is 2.26. The SMILES string of the molecule is CC1C(c2cncc(-c3nc4cc(C#N)ccc4n3C)c2)C=NN1C. The molecule has 4 rings (SSSR count). The lowest BCUT2D eigenvalue weighted by atomic mass is 9.95. The van der Waals surface area contributed by atoms with Gasteiger partial charge in [-0.1, -0.05) is 0 Å². The van der Waals surface area contributed by atoms with Gasteiger partial charge in [0.1, 0.15) is 5.82 Å². The van der Waals surface area contributed by atoms with Gasteiger partial charge in [0.05, 0.1) is 28.7 Å². The molecule has 1 aromatic carbocycles. The Kier molecular flexibility index (Phi) is 3.50. The van der Waals surface area contributed by atoms with Crippen molar-refractivity contribution in [2.75, 3.05) is 7.05 Å². The van der Waals surface area contributed by atoms with Crippen molar-refractivity contribution in [2.45, 2.75) is 18.9 Å². The number of likely N-dealkylation sites (N-methyl/N-ethyl adjacent to an activating group) is 1. The second kappa shape index (κ2) is 5.71. The molecule has 0 bridgehead atoms. The molecule has 2 aromatic heterocycles. The van der Waals surface area contributed by atoms with E-state index in [2.05, 4.69) is 29.1 Å². The number of benzene rings is 1. The first-order chi connectivity index (χ1) is 12.1. The van der Waals surface area contributed by atoms with Crippen molar-refractivity contribution < 1.29 is 0 Å².